The van der Waals surface area contributed by atoms with Gasteiger partial charge in [0, 0.05) is 12.6 Å². The minimum absolute atomic E-state index is 0.131. The van der Waals surface area contributed by atoms with Crippen molar-refractivity contribution in [1.29, 1.82) is 0 Å². The molecule has 33 heavy (non-hydrogen) atoms. The van der Waals surface area contributed by atoms with Gasteiger partial charge in [0.15, 0.2) is 0 Å². The Kier molecular flexibility index (Phi) is 9.32. The van der Waals surface area contributed by atoms with Crippen molar-refractivity contribution in [2.75, 3.05) is 6.54 Å². The van der Waals surface area contributed by atoms with Crippen LogP contribution in [0.25, 0.3) is 0 Å². The van der Waals surface area contributed by atoms with E-state index in [2.05, 4.69) is 10.6 Å². The van der Waals surface area contributed by atoms with Crippen molar-refractivity contribution in [3.63, 3.8) is 0 Å². The SMILES string of the molecule is CCN(C(=O)C(C)NC(=O)OC(C)(C)C)C(C(=O)NC1CCCCC1)c1ccc(C)c(C)c1. The molecule has 0 bridgehead atoms. The topological polar surface area (TPSA) is 87.7 Å². The van der Waals surface area contributed by atoms with Crippen LogP contribution in [0.15, 0.2) is 18.2 Å². The van der Waals surface area contributed by atoms with Crippen LogP contribution in [0.1, 0.15) is 89.5 Å². The molecule has 2 rings (SSSR count). The highest BCUT2D eigenvalue weighted by Gasteiger charge is 2.35. The van der Waals surface area contributed by atoms with Gasteiger partial charge in [0.05, 0.1) is 0 Å². The highest BCUT2D eigenvalue weighted by molar-refractivity contribution is 5.92. The van der Waals surface area contributed by atoms with Crippen molar-refractivity contribution in [3.05, 3.63) is 34.9 Å². The number of rotatable bonds is 7. The lowest BCUT2D eigenvalue weighted by Crippen LogP contribution is -2.52. The Morgan fingerprint density at radius 3 is 2.27 bits per heavy atom. The highest BCUT2D eigenvalue weighted by atomic mass is 16.6. The van der Waals surface area contributed by atoms with Gasteiger partial charge in [-0.2, -0.15) is 0 Å². The summed E-state index contributed by atoms with van der Waals surface area (Å²) in [5.74, 6) is -0.504. The molecule has 1 aliphatic rings. The largest absolute Gasteiger partial charge is 0.444 e. The summed E-state index contributed by atoms with van der Waals surface area (Å²) in [7, 11) is 0. The Bertz CT molecular complexity index is 840. The van der Waals surface area contributed by atoms with E-state index < -0.39 is 23.8 Å². The van der Waals surface area contributed by atoms with E-state index in [9.17, 15) is 14.4 Å². The van der Waals surface area contributed by atoms with Gasteiger partial charge in [-0.05, 0) is 78.0 Å². The zero-order chi connectivity index (χ0) is 24.8. The maximum absolute atomic E-state index is 13.5. The van der Waals surface area contributed by atoms with Crippen LogP contribution in [-0.4, -0.2) is 47.0 Å². The average molecular weight is 460 g/mol. The van der Waals surface area contributed by atoms with E-state index in [0.29, 0.717) is 6.54 Å². The van der Waals surface area contributed by atoms with Gasteiger partial charge in [-0.3, -0.25) is 9.59 Å². The molecular formula is C26H41N3O4. The number of benzene rings is 1. The summed E-state index contributed by atoms with van der Waals surface area (Å²) in [5, 5.41) is 5.80. The molecule has 7 heteroatoms. The zero-order valence-electron chi connectivity index (χ0n) is 21.3. The van der Waals surface area contributed by atoms with E-state index in [-0.39, 0.29) is 17.9 Å². The highest BCUT2D eigenvalue weighted by Crippen LogP contribution is 2.26. The van der Waals surface area contributed by atoms with Gasteiger partial charge in [-0.15, -0.1) is 0 Å². The number of carbonyl (C=O) groups is 3. The molecule has 1 aromatic carbocycles. The zero-order valence-corrected chi connectivity index (χ0v) is 21.3. The Morgan fingerprint density at radius 1 is 1.09 bits per heavy atom. The Balaban J connectivity index is 2.29. The fraction of sp³-hybridized carbons (Fsp3) is 0.654. The quantitative estimate of drug-likeness (QED) is 0.626. The first kappa shape index (κ1) is 26.7. The van der Waals surface area contributed by atoms with Gasteiger partial charge in [-0.25, -0.2) is 4.79 Å². The molecule has 0 heterocycles. The molecule has 184 valence electrons. The Morgan fingerprint density at radius 2 is 1.73 bits per heavy atom. The summed E-state index contributed by atoms with van der Waals surface area (Å²) in [6.07, 6.45) is 4.66. The van der Waals surface area contributed by atoms with Crippen molar-refractivity contribution >= 4 is 17.9 Å². The number of nitrogens with one attached hydrogen (secondary N) is 2. The van der Waals surface area contributed by atoms with Crippen molar-refractivity contribution in [1.82, 2.24) is 15.5 Å². The number of aryl methyl sites for hydroxylation is 2. The standard InChI is InChI=1S/C26H41N3O4/c1-8-29(24(31)19(4)27-25(32)33-26(5,6)7)22(20-15-14-17(2)18(3)16-20)23(30)28-21-12-10-9-11-13-21/h14-16,19,21-22H,8-13H2,1-7H3,(H,27,32)(H,28,30). The summed E-state index contributed by atoms with van der Waals surface area (Å²) in [5.41, 5.74) is 2.29. The van der Waals surface area contributed by atoms with E-state index in [1.165, 1.54) is 6.42 Å². The van der Waals surface area contributed by atoms with Gasteiger partial charge in [-0.1, -0.05) is 37.5 Å². The number of amides is 3. The second-order valence-electron chi connectivity index (χ2n) is 10.1. The van der Waals surface area contributed by atoms with Crippen molar-refractivity contribution in [2.24, 2.45) is 0 Å². The van der Waals surface area contributed by atoms with Crippen LogP contribution in [0.4, 0.5) is 4.79 Å². The molecule has 2 atom stereocenters. The van der Waals surface area contributed by atoms with Crippen LogP contribution < -0.4 is 10.6 Å². The maximum atomic E-state index is 13.5. The van der Waals surface area contributed by atoms with Gasteiger partial charge in [0.1, 0.15) is 17.7 Å². The first-order valence-electron chi connectivity index (χ1n) is 12.1. The summed E-state index contributed by atoms with van der Waals surface area (Å²) in [4.78, 5) is 40.7. The van der Waals surface area contributed by atoms with E-state index in [4.69, 9.17) is 4.74 Å². The Labute approximate surface area is 198 Å². The van der Waals surface area contributed by atoms with Crippen LogP contribution in [0, 0.1) is 13.8 Å². The third-order valence-electron chi connectivity index (χ3n) is 6.09. The number of nitrogens with zero attached hydrogens (tertiary/aromatic N) is 1. The van der Waals surface area contributed by atoms with Gasteiger partial charge < -0.3 is 20.3 Å². The van der Waals surface area contributed by atoms with E-state index in [1.807, 2.05) is 39.0 Å². The predicted molar refractivity (Wildman–Crippen MR) is 130 cm³/mol. The van der Waals surface area contributed by atoms with E-state index in [0.717, 1.165) is 42.4 Å². The monoisotopic (exact) mass is 459 g/mol. The third kappa shape index (κ3) is 7.76. The fourth-order valence-electron chi connectivity index (χ4n) is 4.20. The van der Waals surface area contributed by atoms with Gasteiger partial charge in [0.2, 0.25) is 11.8 Å². The predicted octanol–water partition coefficient (Wildman–Crippen LogP) is 4.56. The maximum Gasteiger partial charge on any atom is 0.408 e. The summed E-state index contributed by atoms with van der Waals surface area (Å²) >= 11 is 0. The van der Waals surface area contributed by atoms with Gasteiger partial charge in [0.25, 0.3) is 0 Å². The molecule has 0 spiro atoms. The first-order valence-corrected chi connectivity index (χ1v) is 12.1. The fourth-order valence-corrected chi connectivity index (χ4v) is 4.20. The minimum Gasteiger partial charge on any atom is -0.444 e. The molecular weight excluding hydrogens is 418 g/mol. The molecule has 2 N–H and O–H groups in total. The van der Waals surface area contributed by atoms with Crippen LogP contribution >= 0.6 is 0 Å². The van der Waals surface area contributed by atoms with Crippen LogP contribution in [-0.2, 0) is 14.3 Å². The number of ether oxygens (including phenoxy) is 1. The molecule has 1 aromatic rings. The number of alkyl carbamates (subject to hydrolysis) is 1. The van der Waals surface area contributed by atoms with Crippen molar-refractivity contribution in [2.45, 2.75) is 104 Å². The number of hydrogen-bond acceptors (Lipinski definition) is 4. The lowest BCUT2D eigenvalue weighted by molar-refractivity contribution is -0.142. The van der Waals surface area contributed by atoms with Crippen molar-refractivity contribution in [3.8, 4) is 0 Å². The molecule has 0 aromatic heterocycles. The van der Waals surface area contributed by atoms with Gasteiger partial charge >= 0.3 is 6.09 Å². The van der Waals surface area contributed by atoms with Crippen LogP contribution in [0.5, 0.6) is 0 Å². The van der Waals surface area contributed by atoms with E-state index >= 15 is 0 Å². The van der Waals surface area contributed by atoms with E-state index in [1.54, 1.807) is 32.6 Å². The minimum atomic E-state index is -0.837. The molecule has 0 aliphatic heterocycles. The molecule has 3 amide bonds. The van der Waals surface area contributed by atoms with Crippen molar-refractivity contribution < 1.29 is 19.1 Å². The molecule has 2 unspecified atom stereocenters. The smallest absolute Gasteiger partial charge is 0.408 e. The molecule has 0 radical (unpaired) electrons. The molecule has 7 nitrogen and oxygen atoms in total. The molecule has 0 saturated heterocycles. The Hall–Kier alpha value is -2.57. The summed E-state index contributed by atoms with van der Waals surface area (Å²) in [6.45, 7) is 13.1. The average Bonchev–Trinajstić information content (AvgIpc) is 2.72. The number of carbonyl (C=O) groups excluding carboxylic acids is 3. The second kappa shape index (κ2) is 11.5. The third-order valence-corrected chi connectivity index (χ3v) is 6.09. The lowest BCUT2D eigenvalue weighted by atomic mass is 9.94. The lowest BCUT2D eigenvalue weighted by Gasteiger charge is -2.34. The molecule has 1 saturated carbocycles. The summed E-state index contributed by atoms with van der Waals surface area (Å²) in [6, 6.07) is 4.39. The normalized spacial score (nSPS) is 16.5. The molecule has 1 aliphatic carbocycles. The number of likely N-dealkylation sites (N-methyl/N-ethyl adjacent to an activating group) is 1. The first-order chi connectivity index (χ1) is 15.4. The van der Waals surface area contributed by atoms with Crippen LogP contribution in [0.3, 0.4) is 0 Å². The number of hydrogen-bond donors (Lipinski definition) is 2. The summed E-state index contributed by atoms with van der Waals surface area (Å²) < 4.78 is 5.29. The second-order valence-corrected chi connectivity index (χ2v) is 10.1. The molecule has 1 fully saturated rings. The van der Waals surface area contributed by atoms with Crippen LogP contribution in [0.2, 0.25) is 0 Å².